The van der Waals surface area contributed by atoms with Gasteiger partial charge < -0.3 is 9.47 Å². The van der Waals surface area contributed by atoms with Gasteiger partial charge in [0.1, 0.15) is 30.0 Å². The molecule has 0 saturated carbocycles. The van der Waals surface area contributed by atoms with Crippen LogP contribution in [0.2, 0.25) is 0 Å². The first kappa shape index (κ1) is 13.4. The van der Waals surface area contributed by atoms with Crippen molar-refractivity contribution in [1.29, 1.82) is 0 Å². The van der Waals surface area contributed by atoms with E-state index >= 15 is 0 Å². The zero-order chi connectivity index (χ0) is 14.1. The molecule has 0 radical (unpaired) electrons. The van der Waals surface area contributed by atoms with E-state index in [1.807, 2.05) is 25.1 Å². The second kappa shape index (κ2) is 5.44. The van der Waals surface area contributed by atoms with Crippen LogP contribution in [0.3, 0.4) is 0 Å². The van der Waals surface area contributed by atoms with Crippen LogP contribution >= 0.6 is 15.9 Å². The molecular weight excluding hydrogens is 323 g/mol. The molecule has 4 heteroatoms. The highest BCUT2D eigenvalue weighted by Gasteiger charge is 2.23. The van der Waals surface area contributed by atoms with Crippen LogP contribution in [-0.2, 0) is 6.42 Å². The van der Waals surface area contributed by atoms with Crippen molar-refractivity contribution in [3.05, 3.63) is 57.8 Å². The Balaban J connectivity index is 1.62. The summed E-state index contributed by atoms with van der Waals surface area (Å²) in [5.74, 6) is 1.35. The smallest absolute Gasteiger partial charge is 0.137 e. The summed E-state index contributed by atoms with van der Waals surface area (Å²) in [5.41, 5.74) is 2.03. The van der Waals surface area contributed by atoms with E-state index in [9.17, 15) is 4.39 Å². The summed E-state index contributed by atoms with van der Waals surface area (Å²) >= 11 is 3.46. The molecular formula is C16H14BrFO2. The van der Waals surface area contributed by atoms with Gasteiger partial charge in [0.2, 0.25) is 0 Å². The normalized spacial score (nSPS) is 16.6. The van der Waals surface area contributed by atoms with Crippen molar-refractivity contribution < 1.29 is 13.9 Å². The number of rotatable bonds is 3. The maximum absolute atomic E-state index is 13.1. The molecule has 0 N–H and O–H groups in total. The quantitative estimate of drug-likeness (QED) is 0.832. The predicted octanol–water partition coefficient (Wildman–Crippen LogP) is 4.28. The number of fused-ring (bicyclic) bond motifs is 1. The van der Waals surface area contributed by atoms with Gasteiger partial charge in [-0.1, -0.05) is 15.9 Å². The van der Waals surface area contributed by atoms with Gasteiger partial charge in [0, 0.05) is 16.5 Å². The summed E-state index contributed by atoms with van der Waals surface area (Å²) in [6.07, 6.45) is 0.624. The lowest BCUT2D eigenvalue weighted by molar-refractivity contribution is 0.148. The Labute approximate surface area is 125 Å². The van der Waals surface area contributed by atoms with Crippen LogP contribution in [0.4, 0.5) is 4.39 Å². The minimum Gasteiger partial charge on any atom is -0.490 e. The fourth-order valence-corrected chi connectivity index (χ4v) is 2.52. The van der Waals surface area contributed by atoms with Gasteiger partial charge in [-0.3, -0.25) is 0 Å². The van der Waals surface area contributed by atoms with Gasteiger partial charge in [-0.05, 0) is 48.9 Å². The van der Waals surface area contributed by atoms with Crippen LogP contribution in [0.15, 0.2) is 40.9 Å². The zero-order valence-electron chi connectivity index (χ0n) is 11.0. The Morgan fingerprint density at radius 3 is 2.95 bits per heavy atom. The van der Waals surface area contributed by atoms with E-state index < -0.39 is 0 Å². The molecule has 0 saturated heterocycles. The van der Waals surface area contributed by atoms with E-state index in [4.69, 9.17) is 9.47 Å². The third-order valence-electron chi connectivity index (χ3n) is 3.33. The van der Waals surface area contributed by atoms with Crippen molar-refractivity contribution in [3.8, 4) is 11.5 Å². The van der Waals surface area contributed by atoms with Gasteiger partial charge >= 0.3 is 0 Å². The van der Waals surface area contributed by atoms with E-state index in [-0.39, 0.29) is 11.9 Å². The number of hydrogen-bond donors (Lipinski definition) is 0. The molecule has 0 fully saturated rings. The summed E-state index contributed by atoms with van der Waals surface area (Å²) in [4.78, 5) is 0. The number of halogens is 2. The van der Waals surface area contributed by atoms with Gasteiger partial charge in [0.05, 0.1) is 0 Å². The van der Waals surface area contributed by atoms with E-state index in [0.29, 0.717) is 13.0 Å². The van der Waals surface area contributed by atoms with Gasteiger partial charge in [-0.25, -0.2) is 4.39 Å². The molecule has 3 rings (SSSR count). The lowest BCUT2D eigenvalue weighted by Crippen LogP contribution is -2.22. The van der Waals surface area contributed by atoms with Crippen molar-refractivity contribution in [1.82, 2.24) is 0 Å². The van der Waals surface area contributed by atoms with Crippen LogP contribution in [-0.4, -0.2) is 12.7 Å². The maximum Gasteiger partial charge on any atom is 0.137 e. The molecule has 1 aliphatic rings. The van der Waals surface area contributed by atoms with Gasteiger partial charge in [-0.2, -0.15) is 0 Å². The first-order chi connectivity index (χ1) is 9.61. The van der Waals surface area contributed by atoms with Crippen molar-refractivity contribution in [2.24, 2.45) is 0 Å². The molecule has 1 unspecified atom stereocenters. The molecule has 20 heavy (non-hydrogen) atoms. The Bertz CT molecular complexity index is 642. The molecule has 104 valence electrons. The Kier molecular flexibility index (Phi) is 3.66. The number of ether oxygens (including phenoxy) is 2. The average molecular weight is 337 g/mol. The fourth-order valence-electron chi connectivity index (χ4n) is 2.28. The van der Waals surface area contributed by atoms with Crippen LogP contribution in [0.25, 0.3) is 0 Å². The summed E-state index contributed by atoms with van der Waals surface area (Å²) in [7, 11) is 0. The molecule has 0 amide bonds. The molecule has 2 nitrogen and oxygen atoms in total. The van der Waals surface area contributed by atoms with Crippen molar-refractivity contribution in [3.63, 3.8) is 0 Å². The first-order valence-electron chi connectivity index (χ1n) is 6.46. The second-order valence-electron chi connectivity index (χ2n) is 4.92. The van der Waals surface area contributed by atoms with E-state index in [1.54, 1.807) is 6.07 Å². The third-order valence-corrected chi connectivity index (χ3v) is 4.22. The number of benzene rings is 2. The first-order valence-corrected chi connectivity index (χ1v) is 7.25. The zero-order valence-corrected chi connectivity index (χ0v) is 12.6. The summed E-state index contributed by atoms with van der Waals surface area (Å²) in [6, 6.07) is 10.5. The third kappa shape index (κ3) is 2.80. The highest BCUT2D eigenvalue weighted by Crippen LogP contribution is 2.30. The Morgan fingerprint density at radius 2 is 2.15 bits per heavy atom. The van der Waals surface area contributed by atoms with Crippen LogP contribution in [0, 0.1) is 12.7 Å². The van der Waals surface area contributed by atoms with Crippen LogP contribution in [0.1, 0.15) is 11.1 Å². The van der Waals surface area contributed by atoms with E-state index in [2.05, 4.69) is 15.9 Å². The minimum absolute atomic E-state index is 0.0595. The highest BCUT2D eigenvalue weighted by molar-refractivity contribution is 9.10. The van der Waals surface area contributed by atoms with Crippen LogP contribution < -0.4 is 9.47 Å². The molecule has 1 aliphatic heterocycles. The number of aryl methyl sites for hydroxylation is 1. The van der Waals surface area contributed by atoms with Gasteiger partial charge in [0.25, 0.3) is 0 Å². The molecule has 0 bridgehead atoms. The molecule has 2 aromatic carbocycles. The number of hydrogen-bond acceptors (Lipinski definition) is 2. The minimum atomic E-state index is -0.225. The topological polar surface area (TPSA) is 18.5 Å². The lowest BCUT2D eigenvalue weighted by Gasteiger charge is -2.13. The Morgan fingerprint density at radius 1 is 1.30 bits per heavy atom. The molecule has 1 atom stereocenters. The monoisotopic (exact) mass is 336 g/mol. The average Bonchev–Trinajstić information content (AvgIpc) is 2.82. The predicted molar refractivity (Wildman–Crippen MR) is 78.9 cm³/mol. The second-order valence-corrected chi connectivity index (χ2v) is 5.77. The van der Waals surface area contributed by atoms with E-state index in [0.717, 1.165) is 27.1 Å². The van der Waals surface area contributed by atoms with E-state index in [1.165, 1.54) is 12.1 Å². The SMILES string of the molecule is Cc1cc(OCC2Cc3cc(F)ccc3O2)ccc1Br. The fraction of sp³-hybridized carbons (Fsp3) is 0.250. The summed E-state index contributed by atoms with van der Waals surface area (Å²) < 4.78 is 25.7. The molecule has 0 aliphatic carbocycles. The Hall–Kier alpha value is -1.55. The van der Waals surface area contributed by atoms with Gasteiger partial charge in [-0.15, -0.1) is 0 Å². The summed E-state index contributed by atoms with van der Waals surface area (Å²) in [5, 5.41) is 0. The summed E-state index contributed by atoms with van der Waals surface area (Å²) in [6.45, 7) is 2.47. The maximum atomic E-state index is 13.1. The standard InChI is InChI=1S/C16H14BrFO2/c1-10-6-13(3-4-15(10)17)19-9-14-8-11-7-12(18)2-5-16(11)20-14/h2-7,14H,8-9H2,1H3. The molecule has 2 aromatic rings. The van der Waals surface area contributed by atoms with Crippen LogP contribution in [0.5, 0.6) is 11.5 Å². The largest absolute Gasteiger partial charge is 0.490 e. The molecule has 0 aromatic heterocycles. The van der Waals surface area contributed by atoms with Gasteiger partial charge in [0.15, 0.2) is 0 Å². The lowest BCUT2D eigenvalue weighted by atomic mass is 10.1. The van der Waals surface area contributed by atoms with Crippen molar-refractivity contribution in [2.45, 2.75) is 19.4 Å². The molecule has 1 heterocycles. The van der Waals surface area contributed by atoms with Crippen molar-refractivity contribution >= 4 is 15.9 Å². The molecule has 0 spiro atoms. The highest BCUT2D eigenvalue weighted by atomic mass is 79.9. The van der Waals surface area contributed by atoms with Crippen molar-refractivity contribution in [2.75, 3.05) is 6.61 Å².